The predicted octanol–water partition coefficient (Wildman–Crippen LogP) is 0.0810. The quantitative estimate of drug-likeness (QED) is 0.0935. The molecule has 16 heteroatoms. The monoisotopic (exact) mass is 680 g/mol. The number of esters is 2. The molecule has 2 fully saturated rings. The van der Waals surface area contributed by atoms with Gasteiger partial charge in [-0.3, -0.25) is 0 Å². The highest BCUT2D eigenvalue weighted by molar-refractivity contribution is 5.90. The predicted molar refractivity (Wildman–Crippen MR) is 164 cm³/mol. The molecule has 4 rings (SSSR count). The summed E-state index contributed by atoms with van der Waals surface area (Å²) in [4.78, 5) is 24.8. The summed E-state index contributed by atoms with van der Waals surface area (Å²) in [6, 6.07) is 5.77. The van der Waals surface area contributed by atoms with Crippen LogP contribution in [-0.2, 0) is 38.0 Å². The smallest absolute Gasteiger partial charge is 0.330 e. The molecule has 0 radical (unpaired) electrons. The third kappa shape index (κ3) is 8.23. The van der Waals surface area contributed by atoms with Crippen LogP contribution < -0.4 is 9.47 Å². The van der Waals surface area contributed by atoms with Gasteiger partial charge in [-0.05, 0) is 47.5 Å². The summed E-state index contributed by atoms with van der Waals surface area (Å²) < 4.78 is 41.3. The first-order valence-electron chi connectivity index (χ1n) is 14.5. The molecular formula is C32H38O16. The van der Waals surface area contributed by atoms with Gasteiger partial charge in [-0.25, -0.2) is 9.59 Å². The van der Waals surface area contributed by atoms with E-state index in [-0.39, 0.29) is 47.3 Å². The van der Waals surface area contributed by atoms with Crippen LogP contribution in [0.3, 0.4) is 0 Å². The summed E-state index contributed by atoms with van der Waals surface area (Å²) in [5, 5.41) is 61.8. The third-order valence-electron chi connectivity index (χ3n) is 7.63. The van der Waals surface area contributed by atoms with Crippen molar-refractivity contribution in [2.75, 3.05) is 41.7 Å². The lowest BCUT2D eigenvalue weighted by Crippen LogP contribution is -2.35. The van der Waals surface area contributed by atoms with Crippen molar-refractivity contribution >= 4 is 24.1 Å². The fourth-order valence-electron chi connectivity index (χ4n) is 5.02. The largest absolute Gasteiger partial charge is 0.504 e. The van der Waals surface area contributed by atoms with Gasteiger partial charge in [0.15, 0.2) is 35.6 Å². The zero-order chi connectivity index (χ0) is 35.1. The number of carbonyl (C=O) groups excluding carboxylic acids is 2. The number of rotatable bonds is 13. The van der Waals surface area contributed by atoms with Gasteiger partial charge in [0.05, 0.1) is 14.2 Å². The fourth-order valence-corrected chi connectivity index (χ4v) is 5.02. The number of benzene rings is 2. The van der Waals surface area contributed by atoms with Crippen molar-refractivity contribution in [1.82, 2.24) is 0 Å². The molecule has 2 aliphatic heterocycles. The van der Waals surface area contributed by atoms with Crippen LogP contribution >= 0.6 is 0 Å². The lowest BCUT2D eigenvalue weighted by atomic mass is 9.97. The lowest BCUT2D eigenvalue weighted by Gasteiger charge is -2.15. The number of ether oxygens (including phenoxy) is 8. The Bertz CT molecular complexity index is 1390. The normalized spacial score (nSPS) is 27.1. The molecular weight excluding hydrogens is 642 g/mol. The molecule has 8 atom stereocenters. The van der Waals surface area contributed by atoms with E-state index in [0.29, 0.717) is 11.1 Å². The number of phenols is 2. The first-order valence-corrected chi connectivity index (χ1v) is 14.5. The zero-order valence-corrected chi connectivity index (χ0v) is 26.4. The van der Waals surface area contributed by atoms with Gasteiger partial charge in [-0.15, -0.1) is 0 Å². The molecule has 0 aliphatic carbocycles. The van der Waals surface area contributed by atoms with E-state index in [0.717, 1.165) is 12.2 Å². The fraction of sp³-hybridized carbons (Fsp3) is 0.438. The van der Waals surface area contributed by atoms with E-state index < -0.39 is 61.1 Å². The van der Waals surface area contributed by atoms with Crippen LogP contribution in [0.5, 0.6) is 23.0 Å². The highest BCUT2D eigenvalue weighted by Gasteiger charge is 2.44. The standard InChI is InChI=1S/C32H38O16/c1-41-19-11-15(5-7-23(33)45-13-21-27(37)29(39)31(43-3)47-21)9-17(25(19)35)18-10-16(12-20(42-2)26(18)36)6-8-24(34)46-14-22-28(38)30(40)32(44-4)48-22/h5-12,21-22,27-32,35-40H,13-14H2,1-4H3/b7-5+,8-6+/t21-,22-,27-,28-,29+,30+,31+,32+/m1/s1/i23+1,24+1. The van der Waals surface area contributed by atoms with Crippen molar-refractivity contribution in [3.05, 3.63) is 47.5 Å². The van der Waals surface area contributed by atoms with Gasteiger partial charge in [0.2, 0.25) is 0 Å². The zero-order valence-electron chi connectivity index (χ0n) is 26.4. The van der Waals surface area contributed by atoms with Crippen LogP contribution in [-0.4, -0.2) is 133 Å². The lowest BCUT2D eigenvalue weighted by molar-refractivity contribution is -0.162. The maximum Gasteiger partial charge on any atom is 0.330 e. The van der Waals surface area contributed by atoms with Crippen molar-refractivity contribution in [2.45, 2.75) is 49.2 Å². The van der Waals surface area contributed by atoms with E-state index in [9.17, 15) is 40.2 Å². The summed E-state index contributed by atoms with van der Waals surface area (Å²) in [5.41, 5.74) is 0.862. The first-order chi connectivity index (χ1) is 22.9. The number of hydrogen-bond acceptors (Lipinski definition) is 16. The van der Waals surface area contributed by atoms with Crippen LogP contribution in [0.25, 0.3) is 23.3 Å². The molecule has 16 nitrogen and oxygen atoms in total. The molecule has 262 valence electrons. The van der Waals surface area contributed by atoms with Crippen LogP contribution in [0.2, 0.25) is 0 Å². The Hall–Kier alpha value is -4.26. The van der Waals surface area contributed by atoms with E-state index in [4.69, 9.17) is 37.9 Å². The van der Waals surface area contributed by atoms with E-state index in [1.807, 2.05) is 0 Å². The van der Waals surface area contributed by atoms with E-state index in [2.05, 4.69) is 0 Å². The van der Waals surface area contributed by atoms with E-state index in [1.165, 1.54) is 64.9 Å². The number of methoxy groups -OCH3 is 4. The molecule has 2 heterocycles. The van der Waals surface area contributed by atoms with Crippen LogP contribution in [0.4, 0.5) is 0 Å². The van der Waals surface area contributed by atoms with Gasteiger partial charge in [-0.2, -0.15) is 0 Å². The molecule has 48 heavy (non-hydrogen) atoms. The molecule has 0 amide bonds. The maximum atomic E-state index is 12.4. The van der Waals surface area contributed by atoms with Crippen molar-refractivity contribution in [1.29, 1.82) is 0 Å². The highest BCUT2D eigenvalue weighted by Crippen LogP contribution is 2.46. The van der Waals surface area contributed by atoms with Crippen molar-refractivity contribution in [3.8, 4) is 34.1 Å². The molecule has 2 aliphatic rings. The van der Waals surface area contributed by atoms with Crippen molar-refractivity contribution in [3.63, 3.8) is 0 Å². The number of carbonyl (C=O) groups is 2. The summed E-state index contributed by atoms with van der Waals surface area (Å²) in [6.45, 7) is -0.721. The van der Waals surface area contributed by atoms with E-state index >= 15 is 0 Å². The second kappa shape index (κ2) is 16.2. The topological polar surface area (TPSA) is 229 Å². The minimum Gasteiger partial charge on any atom is -0.504 e. The molecule has 0 aromatic heterocycles. The molecule has 2 aromatic carbocycles. The average Bonchev–Trinajstić information content (AvgIpc) is 3.53. The van der Waals surface area contributed by atoms with Crippen LogP contribution in [0, 0.1) is 0 Å². The molecule has 0 bridgehead atoms. The Balaban J connectivity index is 1.50. The van der Waals surface area contributed by atoms with Gasteiger partial charge in [0.25, 0.3) is 0 Å². The summed E-state index contributed by atoms with van der Waals surface area (Å²) >= 11 is 0. The molecule has 0 unspecified atom stereocenters. The second-order valence-corrected chi connectivity index (χ2v) is 10.7. The van der Waals surface area contributed by atoms with Gasteiger partial charge in [0, 0.05) is 37.5 Å². The Kier molecular flexibility index (Phi) is 12.4. The highest BCUT2D eigenvalue weighted by atomic mass is 16.7. The molecule has 2 saturated heterocycles. The molecule has 2 aromatic rings. The minimum absolute atomic E-state index is 0.00243. The Morgan fingerprint density at radius 1 is 0.646 bits per heavy atom. The second-order valence-electron chi connectivity index (χ2n) is 10.7. The average molecular weight is 681 g/mol. The SMILES string of the molecule is COc1cc(/C=C/[13C](=O)OC[C@H]2O[C@H](OC)[C@@H](O)[C@@H]2O)cc(-c2cc(/C=C/[13C](=O)OC[C@H]3O[C@H](OC)[C@@H](O)[C@@H]3O)cc(OC)c2O)c1O. The van der Waals surface area contributed by atoms with Crippen LogP contribution in [0.1, 0.15) is 11.1 Å². The van der Waals surface area contributed by atoms with Gasteiger partial charge in [0.1, 0.15) is 49.8 Å². The maximum absolute atomic E-state index is 12.4. The molecule has 0 saturated carbocycles. The van der Waals surface area contributed by atoms with Gasteiger partial charge in [-0.1, -0.05) is 0 Å². The third-order valence-corrected chi connectivity index (χ3v) is 7.63. The van der Waals surface area contributed by atoms with E-state index in [1.54, 1.807) is 0 Å². The molecule has 0 spiro atoms. The van der Waals surface area contributed by atoms with Crippen molar-refractivity contribution in [2.24, 2.45) is 0 Å². The summed E-state index contributed by atoms with van der Waals surface area (Å²) in [5.74, 6) is -2.30. The number of hydrogen-bond donors (Lipinski definition) is 6. The number of aliphatic hydroxyl groups is 4. The van der Waals surface area contributed by atoms with Gasteiger partial charge >= 0.3 is 11.9 Å². The number of aliphatic hydroxyl groups excluding tert-OH is 4. The summed E-state index contributed by atoms with van der Waals surface area (Å²) in [7, 11) is 5.22. The number of phenolic OH excluding ortho intramolecular Hbond substituents is 2. The van der Waals surface area contributed by atoms with Crippen LogP contribution in [0.15, 0.2) is 36.4 Å². The minimum atomic E-state index is -1.32. The first kappa shape index (κ1) is 36.6. The Labute approximate surface area is 274 Å². The Morgan fingerprint density at radius 2 is 1.02 bits per heavy atom. The van der Waals surface area contributed by atoms with Crippen molar-refractivity contribution < 1.29 is 78.1 Å². The molecule has 6 N–H and O–H groups in total. The van der Waals surface area contributed by atoms with Gasteiger partial charge < -0.3 is 68.5 Å². The Morgan fingerprint density at radius 3 is 1.33 bits per heavy atom. The summed E-state index contributed by atoms with van der Waals surface area (Å²) in [6.07, 6.45) is -4.50. The number of aromatic hydroxyl groups is 2.